The predicted molar refractivity (Wildman–Crippen MR) is 81.2 cm³/mol. The van der Waals surface area contributed by atoms with Crippen LogP contribution < -0.4 is 10.5 Å². The van der Waals surface area contributed by atoms with Gasteiger partial charge in [-0.2, -0.15) is 0 Å². The molecule has 0 heterocycles. The Morgan fingerprint density at radius 3 is 1.76 bits per heavy atom. The largest absolute Gasteiger partial charge is 0.399 e. The molecule has 0 spiro atoms. The van der Waals surface area contributed by atoms with Gasteiger partial charge >= 0.3 is 0 Å². The standard InChI is InChI=1S/C13H14N2O4S2/c1-20(16,17)12-6-8-13(9-7-12)21(18,19)15-11-4-2-10(14)3-5-11/h2-9,15H,14H2,1H3. The van der Waals surface area contributed by atoms with Gasteiger partial charge in [0.2, 0.25) is 0 Å². The molecule has 2 aromatic carbocycles. The first-order chi connectivity index (χ1) is 9.68. The molecule has 0 saturated carbocycles. The number of rotatable bonds is 4. The average molecular weight is 326 g/mol. The van der Waals surface area contributed by atoms with E-state index in [4.69, 9.17) is 5.73 Å². The number of hydrogen-bond donors (Lipinski definition) is 2. The van der Waals surface area contributed by atoms with Crippen LogP contribution in [0.1, 0.15) is 0 Å². The van der Waals surface area contributed by atoms with Gasteiger partial charge in [0.1, 0.15) is 0 Å². The van der Waals surface area contributed by atoms with Crippen LogP contribution in [0.15, 0.2) is 58.3 Å². The average Bonchev–Trinajstić information content (AvgIpc) is 2.40. The zero-order valence-corrected chi connectivity index (χ0v) is 12.8. The van der Waals surface area contributed by atoms with Crippen molar-refractivity contribution in [1.29, 1.82) is 0 Å². The number of benzene rings is 2. The van der Waals surface area contributed by atoms with Crippen molar-refractivity contribution in [3.63, 3.8) is 0 Å². The third-order valence-corrected chi connectivity index (χ3v) is 5.25. The van der Waals surface area contributed by atoms with Gasteiger partial charge in [0, 0.05) is 17.6 Å². The van der Waals surface area contributed by atoms with E-state index in [0.29, 0.717) is 11.4 Å². The molecule has 21 heavy (non-hydrogen) atoms. The Morgan fingerprint density at radius 2 is 1.29 bits per heavy atom. The maximum absolute atomic E-state index is 12.2. The van der Waals surface area contributed by atoms with E-state index in [2.05, 4.69) is 4.72 Å². The summed E-state index contributed by atoms with van der Waals surface area (Å²) in [6.07, 6.45) is 1.06. The molecule has 112 valence electrons. The highest BCUT2D eigenvalue weighted by Crippen LogP contribution is 2.19. The molecule has 0 unspecified atom stereocenters. The Hall–Kier alpha value is -2.06. The Balaban J connectivity index is 2.29. The van der Waals surface area contributed by atoms with Gasteiger partial charge in [0.05, 0.1) is 9.79 Å². The van der Waals surface area contributed by atoms with E-state index >= 15 is 0 Å². The summed E-state index contributed by atoms with van der Waals surface area (Å²) in [5.41, 5.74) is 6.42. The van der Waals surface area contributed by atoms with Crippen molar-refractivity contribution < 1.29 is 16.8 Å². The lowest BCUT2D eigenvalue weighted by atomic mass is 10.3. The van der Waals surface area contributed by atoms with Crippen LogP contribution in [-0.2, 0) is 19.9 Å². The summed E-state index contributed by atoms with van der Waals surface area (Å²) < 4.78 is 49.4. The topological polar surface area (TPSA) is 106 Å². The lowest BCUT2D eigenvalue weighted by molar-refractivity contribution is 0.597. The summed E-state index contributed by atoms with van der Waals surface area (Å²) in [7, 11) is -7.13. The minimum Gasteiger partial charge on any atom is -0.399 e. The molecule has 0 aromatic heterocycles. The number of sulfone groups is 1. The van der Waals surface area contributed by atoms with E-state index in [9.17, 15) is 16.8 Å². The molecule has 6 nitrogen and oxygen atoms in total. The molecule has 2 aromatic rings. The molecule has 0 bridgehead atoms. The van der Waals surface area contributed by atoms with Gasteiger partial charge < -0.3 is 5.73 Å². The molecule has 3 N–H and O–H groups in total. The Labute approximate surface area is 123 Å². The van der Waals surface area contributed by atoms with E-state index < -0.39 is 19.9 Å². The molecule has 2 rings (SSSR count). The molecular formula is C13H14N2O4S2. The quantitative estimate of drug-likeness (QED) is 0.828. The number of nitrogens with one attached hydrogen (secondary N) is 1. The molecule has 0 amide bonds. The minimum absolute atomic E-state index is 0.0216. The fraction of sp³-hybridized carbons (Fsp3) is 0.0769. The maximum atomic E-state index is 12.2. The lowest BCUT2D eigenvalue weighted by Gasteiger charge is -2.08. The third-order valence-electron chi connectivity index (χ3n) is 2.73. The molecule has 0 aliphatic carbocycles. The number of nitrogen functional groups attached to an aromatic ring is 1. The van der Waals surface area contributed by atoms with E-state index in [1.54, 1.807) is 12.1 Å². The normalized spacial score (nSPS) is 12.0. The highest BCUT2D eigenvalue weighted by Gasteiger charge is 2.15. The zero-order chi connectivity index (χ0) is 15.7. The van der Waals surface area contributed by atoms with Crippen LogP contribution in [0.2, 0.25) is 0 Å². The maximum Gasteiger partial charge on any atom is 0.261 e. The number of nitrogens with two attached hydrogens (primary N) is 1. The van der Waals surface area contributed by atoms with Crippen LogP contribution in [-0.4, -0.2) is 23.1 Å². The first-order valence-electron chi connectivity index (χ1n) is 5.87. The second-order valence-electron chi connectivity index (χ2n) is 4.47. The fourth-order valence-corrected chi connectivity index (χ4v) is 3.32. The number of sulfonamides is 1. The van der Waals surface area contributed by atoms with Crippen LogP contribution in [0.3, 0.4) is 0 Å². The Kier molecular flexibility index (Phi) is 3.93. The van der Waals surface area contributed by atoms with Crippen LogP contribution >= 0.6 is 0 Å². The fourth-order valence-electron chi connectivity index (χ4n) is 1.63. The van der Waals surface area contributed by atoms with E-state index in [-0.39, 0.29) is 9.79 Å². The third kappa shape index (κ3) is 3.73. The van der Waals surface area contributed by atoms with Crippen molar-refractivity contribution in [2.45, 2.75) is 9.79 Å². The molecular weight excluding hydrogens is 312 g/mol. The van der Waals surface area contributed by atoms with E-state index in [0.717, 1.165) is 6.26 Å². The Bertz CT molecular complexity index is 840. The van der Waals surface area contributed by atoms with Gasteiger partial charge in [-0.05, 0) is 48.5 Å². The van der Waals surface area contributed by atoms with Crippen molar-refractivity contribution in [1.82, 2.24) is 0 Å². The molecule has 0 radical (unpaired) electrons. The van der Waals surface area contributed by atoms with Gasteiger partial charge in [0.25, 0.3) is 10.0 Å². The van der Waals surface area contributed by atoms with E-state index in [1.807, 2.05) is 0 Å². The number of hydrogen-bond acceptors (Lipinski definition) is 5. The van der Waals surface area contributed by atoms with E-state index in [1.165, 1.54) is 36.4 Å². The summed E-state index contributed by atoms with van der Waals surface area (Å²) in [4.78, 5) is 0.0423. The van der Waals surface area contributed by atoms with Crippen molar-refractivity contribution in [2.75, 3.05) is 16.7 Å². The Morgan fingerprint density at radius 1 is 0.810 bits per heavy atom. The molecule has 0 atom stereocenters. The first kappa shape index (κ1) is 15.3. The highest BCUT2D eigenvalue weighted by atomic mass is 32.2. The van der Waals surface area contributed by atoms with Crippen molar-refractivity contribution in [3.05, 3.63) is 48.5 Å². The molecule has 0 fully saturated rings. The minimum atomic E-state index is -3.77. The van der Waals surface area contributed by atoms with Crippen LogP contribution in [0.4, 0.5) is 11.4 Å². The first-order valence-corrected chi connectivity index (χ1v) is 9.24. The summed E-state index contributed by atoms with van der Waals surface area (Å²) >= 11 is 0. The SMILES string of the molecule is CS(=O)(=O)c1ccc(S(=O)(=O)Nc2ccc(N)cc2)cc1. The van der Waals surface area contributed by atoms with Crippen molar-refractivity contribution in [2.24, 2.45) is 0 Å². The molecule has 0 aliphatic heterocycles. The summed E-state index contributed by atoms with van der Waals surface area (Å²) in [5, 5.41) is 0. The summed E-state index contributed by atoms with van der Waals surface area (Å²) in [6.45, 7) is 0. The smallest absolute Gasteiger partial charge is 0.261 e. The monoisotopic (exact) mass is 326 g/mol. The lowest BCUT2D eigenvalue weighted by Crippen LogP contribution is -2.13. The van der Waals surface area contributed by atoms with Crippen LogP contribution in [0, 0.1) is 0 Å². The van der Waals surface area contributed by atoms with Crippen molar-refractivity contribution in [3.8, 4) is 0 Å². The van der Waals surface area contributed by atoms with Crippen molar-refractivity contribution >= 4 is 31.2 Å². The molecule has 0 aliphatic rings. The van der Waals surface area contributed by atoms with Crippen LogP contribution in [0.5, 0.6) is 0 Å². The predicted octanol–water partition coefficient (Wildman–Crippen LogP) is 1.47. The molecule has 8 heteroatoms. The second-order valence-corrected chi connectivity index (χ2v) is 8.17. The van der Waals surface area contributed by atoms with Gasteiger partial charge in [0.15, 0.2) is 9.84 Å². The van der Waals surface area contributed by atoms with Gasteiger partial charge in [-0.1, -0.05) is 0 Å². The summed E-state index contributed by atoms with van der Waals surface area (Å²) in [6, 6.07) is 11.2. The van der Waals surface area contributed by atoms with Crippen LogP contribution in [0.25, 0.3) is 0 Å². The second kappa shape index (κ2) is 5.38. The highest BCUT2D eigenvalue weighted by molar-refractivity contribution is 7.92. The number of anilines is 2. The zero-order valence-electron chi connectivity index (χ0n) is 11.1. The molecule has 0 saturated heterocycles. The summed E-state index contributed by atoms with van der Waals surface area (Å²) in [5.74, 6) is 0. The van der Waals surface area contributed by atoms with Gasteiger partial charge in [-0.25, -0.2) is 16.8 Å². The van der Waals surface area contributed by atoms with Gasteiger partial charge in [-0.15, -0.1) is 0 Å². The van der Waals surface area contributed by atoms with Gasteiger partial charge in [-0.3, -0.25) is 4.72 Å².